The third kappa shape index (κ3) is 2.94. The molecule has 1 saturated heterocycles. The molecule has 0 atom stereocenters. The molecule has 1 aromatic rings. The Hall–Kier alpha value is -2.24. The highest BCUT2D eigenvalue weighted by Crippen LogP contribution is 2.38. The van der Waals surface area contributed by atoms with Crippen molar-refractivity contribution in [3.8, 4) is 5.75 Å². The summed E-state index contributed by atoms with van der Waals surface area (Å²) in [7, 11) is 1.59. The third-order valence-corrected chi connectivity index (χ3v) is 3.50. The van der Waals surface area contributed by atoms with Crippen molar-refractivity contribution in [1.82, 2.24) is 5.32 Å². The van der Waals surface area contributed by atoms with Crippen molar-refractivity contribution >= 4 is 23.3 Å². The molecule has 0 bridgehead atoms. The second-order valence-electron chi connectivity index (χ2n) is 6.12. The zero-order valence-corrected chi connectivity index (χ0v) is 12.8. The quantitative estimate of drug-likeness (QED) is 0.816. The van der Waals surface area contributed by atoms with Crippen molar-refractivity contribution < 1.29 is 14.3 Å². The number of rotatable bonds is 2. The normalized spacial score (nSPS) is 15.9. The Kier molecular flexibility index (Phi) is 3.80. The summed E-state index contributed by atoms with van der Waals surface area (Å²) in [6.07, 6.45) is 0.266. The fraction of sp³-hybridized carbons (Fsp3) is 0.467. The molecule has 1 aliphatic rings. The number of benzene rings is 1. The molecule has 6 heteroatoms. The number of amides is 3. The van der Waals surface area contributed by atoms with Crippen LogP contribution in [-0.2, 0) is 10.2 Å². The Balaban J connectivity index is 2.49. The predicted molar refractivity (Wildman–Crippen MR) is 81.6 cm³/mol. The monoisotopic (exact) mass is 291 g/mol. The van der Waals surface area contributed by atoms with Gasteiger partial charge in [0.05, 0.1) is 18.5 Å². The van der Waals surface area contributed by atoms with Gasteiger partial charge in [-0.05, 0) is 11.5 Å². The highest BCUT2D eigenvalue weighted by atomic mass is 16.5. The lowest BCUT2D eigenvalue weighted by Gasteiger charge is -2.30. The minimum atomic E-state index is -0.442. The molecule has 1 heterocycles. The van der Waals surface area contributed by atoms with Crippen LogP contribution >= 0.6 is 0 Å². The van der Waals surface area contributed by atoms with Gasteiger partial charge in [-0.2, -0.15) is 0 Å². The van der Waals surface area contributed by atoms with Crippen LogP contribution in [0, 0.1) is 0 Å². The van der Waals surface area contributed by atoms with E-state index >= 15 is 0 Å². The summed E-state index contributed by atoms with van der Waals surface area (Å²) in [5.41, 5.74) is 7.90. The molecule has 0 unspecified atom stereocenters. The Morgan fingerprint density at radius 3 is 2.48 bits per heavy atom. The number of ether oxygens (including phenoxy) is 1. The summed E-state index contributed by atoms with van der Waals surface area (Å²) in [6, 6.07) is 3.14. The van der Waals surface area contributed by atoms with Crippen molar-refractivity contribution in [1.29, 1.82) is 0 Å². The van der Waals surface area contributed by atoms with Gasteiger partial charge in [0.1, 0.15) is 5.75 Å². The van der Waals surface area contributed by atoms with Gasteiger partial charge in [-0.25, -0.2) is 4.79 Å². The molecule has 2 rings (SSSR count). The molecule has 21 heavy (non-hydrogen) atoms. The maximum Gasteiger partial charge on any atom is 0.328 e. The van der Waals surface area contributed by atoms with Gasteiger partial charge in [0.25, 0.3) is 0 Å². The first-order valence-electron chi connectivity index (χ1n) is 6.83. The first kappa shape index (κ1) is 15.2. The van der Waals surface area contributed by atoms with Crippen LogP contribution in [0.1, 0.15) is 32.8 Å². The number of anilines is 2. The summed E-state index contributed by atoms with van der Waals surface area (Å²) >= 11 is 0. The Bertz CT molecular complexity index is 591. The summed E-state index contributed by atoms with van der Waals surface area (Å²) in [4.78, 5) is 24.7. The van der Waals surface area contributed by atoms with E-state index in [0.29, 0.717) is 23.7 Å². The van der Waals surface area contributed by atoms with Gasteiger partial charge in [-0.15, -0.1) is 0 Å². The molecule has 0 saturated carbocycles. The molecular weight excluding hydrogens is 270 g/mol. The van der Waals surface area contributed by atoms with Crippen LogP contribution in [0.15, 0.2) is 12.1 Å². The van der Waals surface area contributed by atoms with E-state index in [9.17, 15) is 9.59 Å². The second kappa shape index (κ2) is 5.27. The van der Waals surface area contributed by atoms with Crippen molar-refractivity contribution in [3.63, 3.8) is 0 Å². The first-order chi connectivity index (χ1) is 9.74. The van der Waals surface area contributed by atoms with Gasteiger partial charge in [0, 0.05) is 24.6 Å². The molecule has 1 aliphatic heterocycles. The molecule has 0 radical (unpaired) electrons. The largest absolute Gasteiger partial charge is 0.496 e. The average molecular weight is 291 g/mol. The number of methoxy groups -OCH3 is 1. The highest BCUT2D eigenvalue weighted by Gasteiger charge is 2.28. The van der Waals surface area contributed by atoms with Gasteiger partial charge >= 0.3 is 6.03 Å². The average Bonchev–Trinajstić information content (AvgIpc) is 2.37. The number of nitrogens with zero attached hydrogens (tertiary/aromatic N) is 1. The van der Waals surface area contributed by atoms with E-state index in [1.807, 2.05) is 6.07 Å². The molecule has 1 aromatic carbocycles. The maximum atomic E-state index is 12.0. The Labute approximate surface area is 124 Å². The lowest BCUT2D eigenvalue weighted by atomic mass is 9.85. The molecule has 0 aromatic heterocycles. The number of nitrogens with two attached hydrogens (primary N) is 1. The maximum absolute atomic E-state index is 12.0. The highest BCUT2D eigenvalue weighted by molar-refractivity contribution is 6.07. The van der Waals surface area contributed by atoms with E-state index in [2.05, 4.69) is 26.1 Å². The van der Waals surface area contributed by atoms with Gasteiger partial charge in [-0.1, -0.05) is 20.8 Å². The van der Waals surface area contributed by atoms with Gasteiger partial charge in [0.2, 0.25) is 5.91 Å². The zero-order chi connectivity index (χ0) is 15.8. The minimum Gasteiger partial charge on any atom is -0.496 e. The Morgan fingerprint density at radius 1 is 1.29 bits per heavy atom. The van der Waals surface area contributed by atoms with E-state index < -0.39 is 6.03 Å². The van der Waals surface area contributed by atoms with Crippen LogP contribution in [0.3, 0.4) is 0 Å². The minimum absolute atomic E-state index is 0.157. The van der Waals surface area contributed by atoms with Crippen LogP contribution < -0.4 is 20.7 Å². The molecule has 114 valence electrons. The molecule has 0 spiro atoms. The fourth-order valence-electron chi connectivity index (χ4n) is 2.37. The number of hydrogen-bond donors (Lipinski definition) is 2. The molecule has 3 N–H and O–H groups in total. The summed E-state index contributed by atoms with van der Waals surface area (Å²) < 4.78 is 5.39. The number of nitrogens with one attached hydrogen (secondary N) is 1. The SMILES string of the molecule is COc1cc(N)c(N2CCC(=O)NC2=O)cc1C(C)(C)C. The number of imide groups is 1. The lowest BCUT2D eigenvalue weighted by molar-refractivity contribution is -0.120. The summed E-state index contributed by atoms with van der Waals surface area (Å²) in [6.45, 7) is 6.50. The van der Waals surface area contributed by atoms with E-state index in [4.69, 9.17) is 10.5 Å². The topological polar surface area (TPSA) is 84.7 Å². The number of hydrogen-bond acceptors (Lipinski definition) is 4. The lowest BCUT2D eigenvalue weighted by Crippen LogP contribution is -2.49. The smallest absolute Gasteiger partial charge is 0.328 e. The fourth-order valence-corrected chi connectivity index (χ4v) is 2.37. The zero-order valence-electron chi connectivity index (χ0n) is 12.8. The molecule has 6 nitrogen and oxygen atoms in total. The van der Waals surface area contributed by atoms with E-state index in [0.717, 1.165) is 5.56 Å². The standard InChI is InChI=1S/C15H21N3O3/c1-15(2,3)9-7-11(10(16)8-12(9)21-4)18-6-5-13(19)17-14(18)20/h7-8H,5-6,16H2,1-4H3,(H,17,19,20). The predicted octanol–water partition coefficient (Wildman–Crippen LogP) is 2.02. The molecule has 1 fully saturated rings. The molecule has 3 amide bonds. The van der Waals surface area contributed by atoms with Crippen molar-refractivity contribution in [2.75, 3.05) is 24.3 Å². The van der Waals surface area contributed by atoms with Crippen LogP contribution in [0.2, 0.25) is 0 Å². The third-order valence-electron chi connectivity index (χ3n) is 3.50. The van der Waals surface area contributed by atoms with Crippen molar-refractivity contribution in [2.24, 2.45) is 0 Å². The van der Waals surface area contributed by atoms with Gasteiger partial charge in [-0.3, -0.25) is 15.0 Å². The van der Waals surface area contributed by atoms with E-state index in [-0.39, 0.29) is 17.7 Å². The molecule has 0 aliphatic carbocycles. The van der Waals surface area contributed by atoms with E-state index in [1.165, 1.54) is 4.90 Å². The number of nitrogen functional groups attached to an aromatic ring is 1. The Morgan fingerprint density at radius 2 is 1.95 bits per heavy atom. The summed E-state index contributed by atoms with van der Waals surface area (Å²) in [5.74, 6) is 0.427. The van der Waals surface area contributed by atoms with Crippen LogP contribution in [0.4, 0.5) is 16.2 Å². The van der Waals surface area contributed by atoms with Crippen LogP contribution in [0.5, 0.6) is 5.75 Å². The first-order valence-corrected chi connectivity index (χ1v) is 6.83. The molecular formula is C15H21N3O3. The number of carbonyl (C=O) groups excluding carboxylic acids is 2. The van der Waals surface area contributed by atoms with Crippen molar-refractivity contribution in [2.45, 2.75) is 32.6 Å². The van der Waals surface area contributed by atoms with Gasteiger partial charge in [0.15, 0.2) is 0 Å². The van der Waals surface area contributed by atoms with Crippen LogP contribution in [0.25, 0.3) is 0 Å². The summed E-state index contributed by atoms with van der Waals surface area (Å²) in [5, 5.41) is 2.30. The number of carbonyl (C=O) groups is 2. The van der Waals surface area contributed by atoms with Crippen LogP contribution in [-0.4, -0.2) is 25.6 Å². The van der Waals surface area contributed by atoms with Gasteiger partial charge < -0.3 is 10.5 Å². The van der Waals surface area contributed by atoms with E-state index in [1.54, 1.807) is 13.2 Å². The van der Waals surface area contributed by atoms with Crippen molar-refractivity contribution in [3.05, 3.63) is 17.7 Å². The second-order valence-corrected chi connectivity index (χ2v) is 6.12. The number of urea groups is 1.